The van der Waals surface area contributed by atoms with Crippen molar-refractivity contribution < 1.29 is 0 Å². The maximum Gasteiger partial charge on any atom is 0.0699 e. The van der Waals surface area contributed by atoms with Gasteiger partial charge in [-0.2, -0.15) is 5.10 Å². The molecule has 0 spiro atoms. The monoisotopic (exact) mass is 289 g/mol. The molecule has 1 unspecified atom stereocenters. The SMILES string of the molecule is CCCn1cc(C(NC)c2cc3c(s2)CCCC3)cn1. The molecular weight excluding hydrogens is 266 g/mol. The summed E-state index contributed by atoms with van der Waals surface area (Å²) in [6, 6.07) is 2.70. The van der Waals surface area contributed by atoms with E-state index in [1.807, 2.05) is 29.3 Å². The second-order valence-corrected chi connectivity index (χ2v) is 6.73. The normalized spacial score (nSPS) is 16.1. The third kappa shape index (κ3) is 2.67. The number of hydrogen-bond donors (Lipinski definition) is 1. The predicted octanol–water partition coefficient (Wildman–Crippen LogP) is 3.54. The topological polar surface area (TPSA) is 29.9 Å². The fourth-order valence-electron chi connectivity index (χ4n) is 3.01. The molecule has 2 aromatic heterocycles. The second-order valence-electron chi connectivity index (χ2n) is 5.56. The lowest BCUT2D eigenvalue weighted by molar-refractivity contribution is 0.600. The standard InChI is InChI=1S/C16H23N3S/c1-3-8-19-11-13(10-18-19)16(17-2)15-9-12-6-4-5-7-14(12)20-15/h9-11,16-17H,3-8H2,1-2H3. The van der Waals surface area contributed by atoms with Gasteiger partial charge in [0.05, 0.1) is 12.2 Å². The molecule has 20 heavy (non-hydrogen) atoms. The molecule has 1 aliphatic carbocycles. The van der Waals surface area contributed by atoms with Crippen molar-refractivity contribution in [3.05, 3.63) is 39.3 Å². The van der Waals surface area contributed by atoms with Gasteiger partial charge in [-0.15, -0.1) is 11.3 Å². The van der Waals surface area contributed by atoms with E-state index in [1.165, 1.54) is 36.1 Å². The Morgan fingerprint density at radius 1 is 1.40 bits per heavy atom. The zero-order valence-corrected chi connectivity index (χ0v) is 13.2. The van der Waals surface area contributed by atoms with Crippen molar-refractivity contribution in [2.45, 2.75) is 51.6 Å². The molecule has 108 valence electrons. The summed E-state index contributed by atoms with van der Waals surface area (Å²) in [5, 5.41) is 7.92. The van der Waals surface area contributed by atoms with E-state index in [2.05, 4.69) is 29.6 Å². The van der Waals surface area contributed by atoms with Gasteiger partial charge in [-0.3, -0.25) is 4.68 Å². The molecule has 1 N–H and O–H groups in total. The first-order valence-electron chi connectivity index (χ1n) is 7.63. The molecule has 0 aromatic carbocycles. The lowest BCUT2D eigenvalue weighted by Gasteiger charge is -2.12. The molecule has 3 nitrogen and oxygen atoms in total. The van der Waals surface area contributed by atoms with Crippen LogP contribution in [0.5, 0.6) is 0 Å². The van der Waals surface area contributed by atoms with Gasteiger partial charge >= 0.3 is 0 Å². The van der Waals surface area contributed by atoms with Crippen molar-refractivity contribution in [2.24, 2.45) is 0 Å². The molecule has 0 saturated carbocycles. The Morgan fingerprint density at radius 2 is 2.25 bits per heavy atom. The van der Waals surface area contributed by atoms with Gasteiger partial charge in [0, 0.05) is 28.1 Å². The molecule has 1 atom stereocenters. The number of thiophene rings is 1. The Labute approximate surface area is 125 Å². The van der Waals surface area contributed by atoms with E-state index in [1.54, 1.807) is 10.4 Å². The Bertz CT molecular complexity index is 547. The highest BCUT2D eigenvalue weighted by molar-refractivity contribution is 7.12. The molecule has 2 aromatic rings. The van der Waals surface area contributed by atoms with Crippen molar-refractivity contribution in [2.75, 3.05) is 7.05 Å². The number of fused-ring (bicyclic) bond motifs is 1. The van der Waals surface area contributed by atoms with Crippen molar-refractivity contribution in [1.82, 2.24) is 15.1 Å². The van der Waals surface area contributed by atoms with Gasteiger partial charge in [0.1, 0.15) is 0 Å². The Hall–Kier alpha value is -1.13. The van der Waals surface area contributed by atoms with E-state index in [0.29, 0.717) is 0 Å². The van der Waals surface area contributed by atoms with Crippen molar-refractivity contribution in [3.8, 4) is 0 Å². The smallest absolute Gasteiger partial charge is 0.0699 e. The summed E-state index contributed by atoms with van der Waals surface area (Å²) in [5.41, 5.74) is 2.86. The maximum absolute atomic E-state index is 4.46. The van der Waals surface area contributed by atoms with Crippen LogP contribution >= 0.6 is 11.3 Å². The summed E-state index contributed by atoms with van der Waals surface area (Å²) < 4.78 is 2.05. The molecule has 0 aliphatic heterocycles. The number of aryl methyl sites for hydroxylation is 3. The van der Waals surface area contributed by atoms with Gasteiger partial charge in [0.15, 0.2) is 0 Å². The number of nitrogens with zero attached hydrogens (tertiary/aromatic N) is 2. The van der Waals surface area contributed by atoms with E-state index in [-0.39, 0.29) is 6.04 Å². The van der Waals surface area contributed by atoms with Gasteiger partial charge < -0.3 is 5.32 Å². The zero-order chi connectivity index (χ0) is 13.9. The van der Waals surface area contributed by atoms with Crippen molar-refractivity contribution in [1.29, 1.82) is 0 Å². The minimum atomic E-state index is 0.288. The summed E-state index contributed by atoms with van der Waals surface area (Å²) in [5.74, 6) is 0. The molecule has 3 rings (SSSR count). The van der Waals surface area contributed by atoms with Crippen LogP contribution in [-0.2, 0) is 19.4 Å². The van der Waals surface area contributed by atoms with Crippen LogP contribution in [0.2, 0.25) is 0 Å². The van der Waals surface area contributed by atoms with E-state index >= 15 is 0 Å². The van der Waals surface area contributed by atoms with Gasteiger partial charge in [0.2, 0.25) is 0 Å². The quantitative estimate of drug-likeness (QED) is 0.912. The predicted molar refractivity (Wildman–Crippen MR) is 84.4 cm³/mol. The average Bonchev–Trinajstić information content (AvgIpc) is 3.07. The van der Waals surface area contributed by atoms with Crippen molar-refractivity contribution >= 4 is 11.3 Å². The third-order valence-electron chi connectivity index (χ3n) is 4.03. The number of hydrogen-bond acceptors (Lipinski definition) is 3. The molecule has 0 fully saturated rings. The molecule has 2 heterocycles. The largest absolute Gasteiger partial charge is 0.309 e. The summed E-state index contributed by atoms with van der Waals surface area (Å²) in [4.78, 5) is 3.04. The van der Waals surface area contributed by atoms with Crippen LogP contribution in [0, 0.1) is 0 Å². The Balaban J connectivity index is 1.86. The number of nitrogens with one attached hydrogen (secondary N) is 1. The highest BCUT2D eigenvalue weighted by Crippen LogP contribution is 2.35. The van der Waals surface area contributed by atoms with Crippen LogP contribution in [0.25, 0.3) is 0 Å². The molecule has 4 heteroatoms. The Kier molecular flexibility index (Phi) is 4.22. The maximum atomic E-state index is 4.46. The number of aromatic nitrogens is 2. The van der Waals surface area contributed by atoms with Crippen molar-refractivity contribution in [3.63, 3.8) is 0 Å². The van der Waals surface area contributed by atoms with Gasteiger partial charge in [-0.1, -0.05) is 6.92 Å². The summed E-state index contributed by atoms with van der Waals surface area (Å²) in [6.07, 6.45) is 10.5. The fourth-order valence-corrected chi connectivity index (χ4v) is 4.41. The summed E-state index contributed by atoms with van der Waals surface area (Å²) in [6.45, 7) is 3.18. The van der Waals surface area contributed by atoms with Crippen LogP contribution in [0.15, 0.2) is 18.5 Å². The first-order valence-corrected chi connectivity index (χ1v) is 8.44. The molecule has 0 bridgehead atoms. The van der Waals surface area contributed by atoms with Crippen LogP contribution in [0.4, 0.5) is 0 Å². The van der Waals surface area contributed by atoms with Gasteiger partial charge in [0.25, 0.3) is 0 Å². The van der Waals surface area contributed by atoms with Crippen LogP contribution in [0.1, 0.15) is 53.1 Å². The highest BCUT2D eigenvalue weighted by Gasteiger charge is 2.20. The minimum Gasteiger partial charge on any atom is -0.309 e. The molecule has 0 amide bonds. The van der Waals surface area contributed by atoms with Gasteiger partial charge in [-0.05, 0) is 50.8 Å². The summed E-state index contributed by atoms with van der Waals surface area (Å²) >= 11 is 1.99. The van der Waals surface area contributed by atoms with E-state index in [9.17, 15) is 0 Å². The molecule has 1 aliphatic rings. The van der Waals surface area contributed by atoms with Crippen LogP contribution in [-0.4, -0.2) is 16.8 Å². The highest BCUT2D eigenvalue weighted by atomic mass is 32.1. The number of rotatable bonds is 5. The summed E-state index contributed by atoms with van der Waals surface area (Å²) in [7, 11) is 2.04. The van der Waals surface area contributed by atoms with E-state index in [0.717, 1.165) is 13.0 Å². The van der Waals surface area contributed by atoms with Crippen LogP contribution < -0.4 is 5.32 Å². The molecule has 0 radical (unpaired) electrons. The van der Waals surface area contributed by atoms with E-state index in [4.69, 9.17) is 0 Å². The lowest BCUT2D eigenvalue weighted by atomic mass is 9.98. The first-order chi connectivity index (χ1) is 9.81. The molecular formula is C16H23N3S. The first kappa shape index (κ1) is 13.8. The fraction of sp³-hybridized carbons (Fsp3) is 0.562. The zero-order valence-electron chi connectivity index (χ0n) is 12.4. The average molecular weight is 289 g/mol. The lowest BCUT2D eigenvalue weighted by Crippen LogP contribution is -2.15. The minimum absolute atomic E-state index is 0.288. The van der Waals surface area contributed by atoms with Crippen LogP contribution in [0.3, 0.4) is 0 Å². The third-order valence-corrected chi connectivity index (χ3v) is 5.33. The Morgan fingerprint density at radius 3 is 3.00 bits per heavy atom. The second kappa shape index (κ2) is 6.10. The van der Waals surface area contributed by atoms with Gasteiger partial charge in [-0.25, -0.2) is 0 Å². The molecule has 0 saturated heterocycles. The van der Waals surface area contributed by atoms with E-state index < -0.39 is 0 Å².